The second-order valence-electron chi connectivity index (χ2n) is 10.1. The average Bonchev–Trinajstić information content (AvgIpc) is 3.54. The van der Waals surface area contributed by atoms with E-state index in [2.05, 4.69) is 32.7 Å². The molecule has 1 aliphatic heterocycles. The Bertz CT molecular complexity index is 1460. The summed E-state index contributed by atoms with van der Waals surface area (Å²) in [5.41, 5.74) is 9.12. The molecule has 1 aliphatic carbocycles. The predicted molar refractivity (Wildman–Crippen MR) is 149 cm³/mol. The number of carbonyl (C=O) groups excluding carboxylic acids is 1. The number of likely N-dealkylation sites (N-methyl/N-ethyl adjacent to an activating group) is 1. The predicted octanol–water partition coefficient (Wildman–Crippen LogP) is 4.90. The Kier molecular flexibility index (Phi) is 6.55. The minimum Gasteiger partial charge on any atom is -0.457 e. The Morgan fingerprint density at radius 2 is 1.84 bits per heavy atom. The van der Waals surface area contributed by atoms with Gasteiger partial charge in [-0.2, -0.15) is 0 Å². The molecule has 1 unspecified atom stereocenters. The van der Waals surface area contributed by atoms with E-state index in [-0.39, 0.29) is 11.9 Å². The quantitative estimate of drug-likeness (QED) is 0.341. The van der Waals surface area contributed by atoms with Gasteiger partial charge in [-0.05, 0) is 56.1 Å². The number of carbonyl (C=O) groups is 1. The van der Waals surface area contributed by atoms with Gasteiger partial charge in [-0.1, -0.05) is 36.4 Å². The molecule has 2 aliphatic rings. The molecule has 1 saturated carbocycles. The van der Waals surface area contributed by atoms with Crippen LogP contribution in [0.1, 0.15) is 25.3 Å². The molecule has 0 bridgehead atoms. The summed E-state index contributed by atoms with van der Waals surface area (Å²) in [7, 11) is 2.12. The average molecular weight is 509 g/mol. The van der Waals surface area contributed by atoms with Crippen molar-refractivity contribution < 1.29 is 9.53 Å². The maximum atomic E-state index is 12.9. The fourth-order valence-corrected chi connectivity index (χ4v) is 5.19. The molecule has 0 radical (unpaired) electrons. The van der Waals surface area contributed by atoms with E-state index in [1.807, 2.05) is 65.6 Å². The summed E-state index contributed by atoms with van der Waals surface area (Å²) in [6.07, 6.45) is 10.7. The topological polar surface area (TPSA) is 89.5 Å². The molecule has 2 N–H and O–H groups in total. The van der Waals surface area contributed by atoms with Gasteiger partial charge < -0.3 is 19.9 Å². The van der Waals surface area contributed by atoms with Gasteiger partial charge in [0.05, 0.1) is 11.4 Å². The van der Waals surface area contributed by atoms with Crippen molar-refractivity contribution in [3.05, 3.63) is 79.3 Å². The van der Waals surface area contributed by atoms with Crippen LogP contribution in [0.2, 0.25) is 0 Å². The van der Waals surface area contributed by atoms with Crippen molar-refractivity contribution in [2.45, 2.75) is 31.3 Å². The molecule has 38 heavy (non-hydrogen) atoms. The number of rotatable bonds is 8. The van der Waals surface area contributed by atoms with Crippen LogP contribution >= 0.6 is 0 Å². The Morgan fingerprint density at radius 1 is 1.08 bits per heavy atom. The molecule has 8 nitrogen and oxygen atoms in total. The van der Waals surface area contributed by atoms with E-state index in [0.717, 1.165) is 46.6 Å². The van der Waals surface area contributed by atoms with Gasteiger partial charge >= 0.3 is 0 Å². The van der Waals surface area contributed by atoms with Gasteiger partial charge in [0.15, 0.2) is 0 Å². The first-order valence-electron chi connectivity index (χ1n) is 13.2. The fraction of sp³-hybridized carbons (Fsp3) is 0.300. The van der Waals surface area contributed by atoms with Crippen LogP contribution < -0.4 is 10.5 Å². The van der Waals surface area contributed by atoms with Crippen LogP contribution in [0.25, 0.3) is 22.2 Å². The number of hydrogen-bond donors (Lipinski definition) is 1. The number of ether oxygens (including phenoxy) is 1. The standard InChI is InChI=1S/C30H32N6O2/c1-34(22-11-12-22)16-5-8-27(37)35-17-15-23(18-35)36-19-26(28-29(31)32-20-33-30(28)36)21-9-13-25(14-10-21)38-24-6-3-2-4-7-24/h2-10,13-14,19-20,22-23H,11-12,15-18H2,1H3,(H2,31,32,33)/b8-5+. The Morgan fingerprint density at radius 3 is 2.61 bits per heavy atom. The van der Waals surface area contributed by atoms with Crippen LogP contribution in [0, 0.1) is 0 Å². The normalized spacial score (nSPS) is 17.6. The van der Waals surface area contributed by atoms with Crippen LogP contribution in [0.4, 0.5) is 5.82 Å². The first-order valence-corrected chi connectivity index (χ1v) is 13.2. The number of hydrogen-bond acceptors (Lipinski definition) is 6. The minimum atomic E-state index is 0.0662. The third-order valence-electron chi connectivity index (χ3n) is 7.48. The summed E-state index contributed by atoms with van der Waals surface area (Å²) in [5, 5.41) is 0.831. The lowest BCUT2D eigenvalue weighted by atomic mass is 10.1. The molecule has 1 amide bonds. The number of nitrogen functional groups attached to an aromatic ring is 1. The van der Waals surface area contributed by atoms with E-state index in [0.29, 0.717) is 24.9 Å². The maximum Gasteiger partial charge on any atom is 0.246 e. The van der Waals surface area contributed by atoms with Crippen molar-refractivity contribution in [3.8, 4) is 22.6 Å². The zero-order chi connectivity index (χ0) is 26.1. The molecule has 2 fully saturated rings. The Hall–Kier alpha value is -4.17. The lowest BCUT2D eigenvalue weighted by molar-refractivity contribution is -0.125. The summed E-state index contributed by atoms with van der Waals surface area (Å²) in [4.78, 5) is 25.9. The summed E-state index contributed by atoms with van der Waals surface area (Å²) in [6.45, 7) is 2.16. The third kappa shape index (κ3) is 4.99. The largest absolute Gasteiger partial charge is 0.457 e. The highest BCUT2D eigenvalue weighted by Gasteiger charge is 2.29. The first-order chi connectivity index (χ1) is 18.6. The van der Waals surface area contributed by atoms with Crippen LogP contribution in [-0.4, -0.2) is 63.0 Å². The van der Waals surface area contributed by atoms with E-state index in [4.69, 9.17) is 10.5 Å². The summed E-state index contributed by atoms with van der Waals surface area (Å²) in [6, 6.07) is 18.5. The highest BCUT2D eigenvalue weighted by Crippen LogP contribution is 2.37. The number of para-hydroxylation sites is 1. The van der Waals surface area contributed by atoms with Crippen molar-refractivity contribution in [2.24, 2.45) is 0 Å². The number of amides is 1. The number of benzene rings is 2. The SMILES string of the molecule is CN(C/C=C/C(=O)N1CCC(n2cc(-c3ccc(Oc4ccccc4)cc3)c3c(N)ncnc32)C1)C1CC1. The molecule has 6 rings (SSSR count). The highest BCUT2D eigenvalue weighted by molar-refractivity contribution is 6.00. The van der Waals surface area contributed by atoms with Gasteiger partial charge in [0.25, 0.3) is 0 Å². The monoisotopic (exact) mass is 508 g/mol. The molecular formula is C30H32N6O2. The van der Waals surface area contributed by atoms with E-state index < -0.39 is 0 Å². The molecule has 2 aromatic carbocycles. The van der Waals surface area contributed by atoms with Crippen molar-refractivity contribution in [2.75, 3.05) is 32.4 Å². The highest BCUT2D eigenvalue weighted by atomic mass is 16.5. The number of anilines is 1. The number of likely N-dealkylation sites (tertiary alicyclic amines) is 1. The molecule has 0 spiro atoms. The number of nitrogens with zero attached hydrogens (tertiary/aromatic N) is 5. The lowest BCUT2D eigenvalue weighted by Gasteiger charge is -2.16. The zero-order valence-electron chi connectivity index (χ0n) is 21.5. The molecule has 8 heteroatoms. The summed E-state index contributed by atoms with van der Waals surface area (Å²) < 4.78 is 8.12. The van der Waals surface area contributed by atoms with Crippen molar-refractivity contribution in [1.29, 1.82) is 0 Å². The fourth-order valence-electron chi connectivity index (χ4n) is 5.19. The van der Waals surface area contributed by atoms with Crippen LogP contribution in [0.3, 0.4) is 0 Å². The number of fused-ring (bicyclic) bond motifs is 1. The smallest absolute Gasteiger partial charge is 0.246 e. The van der Waals surface area contributed by atoms with Gasteiger partial charge in [-0.15, -0.1) is 0 Å². The van der Waals surface area contributed by atoms with Crippen molar-refractivity contribution in [1.82, 2.24) is 24.3 Å². The van der Waals surface area contributed by atoms with E-state index in [1.165, 1.54) is 19.2 Å². The van der Waals surface area contributed by atoms with E-state index in [1.54, 1.807) is 6.08 Å². The summed E-state index contributed by atoms with van der Waals surface area (Å²) >= 11 is 0. The molecule has 1 saturated heterocycles. The van der Waals surface area contributed by atoms with Crippen molar-refractivity contribution in [3.63, 3.8) is 0 Å². The molecule has 4 aromatic rings. The van der Waals surface area contributed by atoms with Crippen LogP contribution in [0.15, 0.2) is 79.3 Å². The first kappa shape index (κ1) is 24.2. The third-order valence-corrected chi connectivity index (χ3v) is 7.48. The minimum absolute atomic E-state index is 0.0662. The van der Waals surface area contributed by atoms with Gasteiger partial charge in [0, 0.05) is 43.5 Å². The van der Waals surface area contributed by atoms with Crippen LogP contribution in [0.5, 0.6) is 11.5 Å². The number of nitrogens with two attached hydrogens (primary N) is 1. The van der Waals surface area contributed by atoms with Crippen molar-refractivity contribution >= 4 is 22.8 Å². The zero-order valence-corrected chi connectivity index (χ0v) is 21.5. The van der Waals surface area contributed by atoms with Gasteiger partial charge in [-0.3, -0.25) is 9.69 Å². The Balaban J connectivity index is 1.21. The number of aromatic nitrogens is 3. The van der Waals surface area contributed by atoms with Gasteiger partial charge in [0.2, 0.25) is 5.91 Å². The van der Waals surface area contributed by atoms with Gasteiger partial charge in [0.1, 0.15) is 29.3 Å². The molecular weight excluding hydrogens is 476 g/mol. The second-order valence-corrected chi connectivity index (χ2v) is 10.1. The van der Waals surface area contributed by atoms with E-state index in [9.17, 15) is 4.79 Å². The second kappa shape index (κ2) is 10.3. The molecule has 1 atom stereocenters. The maximum absolute atomic E-state index is 12.9. The van der Waals surface area contributed by atoms with Crippen LogP contribution in [-0.2, 0) is 4.79 Å². The molecule has 3 heterocycles. The molecule has 2 aromatic heterocycles. The van der Waals surface area contributed by atoms with Gasteiger partial charge in [-0.25, -0.2) is 9.97 Å². The molecule has 194 valence electrons. The lowest BCUT2D eigenvalue weighted by Crippen LogP contribution is -2.28. The summed E-state index contributed by atoms with van der Waals surface area (Å²) in [5.74, 6) is 2.06. The van der Waals surface area contributed by atoms with E-state index >= 15 is 0 Å². The Labute approximate surface area is 222 Å².